The summed E-state index contributed by atoms with van der Waals surface area (Å²) in [4.78, 5) is 33.9. The molecule has 2 heterocycles. The Morgan fingerprint density at radius 3 is 2.59 bits per heavy atom. The first-order chi connectivity index (χ1) is 17.7. The molecule has 0 aromatic carbocycles. The van der Waals surface area contributed by atoms with E-state index in [9.17, 15) is 19.8 Å². The second-order valence-corrected chi connectivity index (χ2v) is 13.1. The number of anilines is 1. The first kappa shape index (κ1) is 26.8. The number of aromatic nitrogens is 1. The van der Waals surface area contributed by atoms with Gasteiger partial charge in [0.15, 0.2) is 5.13 Å². The minimum absolute atomic E-state index is 0.00280. The van der Waals surface area contributed by atoms with Crippen molar-refractivity contribution >= 4 is 28.4 Å². The van der Waals surface area contributed by atoms with Gasteiger partial charge in [-0.25, -0.2) is 9.78 Å². The van der Waals surface area contributed by atoms with E-state index in [-0.39, 0.29) is 41.8 Å². The molecule has 206 valence electrons. The van der Waals surface area contributed by atoms with Crippen LogP contribution in [0.4, 0.5) is 9.93 Å². The molecular weight excluding hydrogens is 492 g/mol. The fourth-order valence-corrected chi connectivity index (χ4v) is 8.41. The molecule has 37 heavy (non-hydrogen) atoms. The van der Waals surface area contributed by atoms with E-state index < -0.39 is 11.5 Å². The summed E-state index contributed by atoms with van der Waals surface area (Å²) in [5, 5.41) is 28.2. The van der Waals surface area contributed by atoms with E-state index in [0.717, 1.165) is 42.7 Å². The van der Waals surface area contributed by atoms with Gasteiger partial charge in [0.2, 0.25) is 5.91 Å². The Kier molecular flexibility index (Phi) is 7.82. The summed E-state index contributed by atoms with van der Waals surface area (Å²) in [7, 11) is 0. The summed E-state index contributed by atoms with van der Waals surface area (Å²) in [6.45, 7) is 6.24. The van der Waals surface area contributed by atoms with Crippen molar-refractivity contribution in [2.45, 2.75) is 89.7 Å². The quantitative estimate of drug-likeness (QED) is 0.460. The second-order valence-electron chi connectivity index (χ2n) is 12.0. The molecule has 10 heteroatoms. The van der Waals surface area contributed by atoms with Gasteiger partial charge in [-0.1, -0.05) is 33.1 Å². The molecule has 3 fully saturated rings. The third-order valence-corrected chi connectivity index (χ3v) is 10.8. The van der Waals surface area contributed by atoms with Crippen molar-refractivity contribution in [1.82, 2.24) is 15.2 Å². The minimum Gasteiger partial charge on any atom is -0.396 e. The van der Waals surface area contributed by atoms with Crippen LogP contribution in [0.5, 0.6) is 0 Å². The molecule has 1 saturated heterocycles. The monoisotopic (exact) mass is 534 g/mol. The fraction of sp³-hybridized carbons (Fsp3) is 0.815. The largest absolute Gasteiger partial charge is 0.396 e. The van der Waals surface area contributed by atoms with Gasteiger partial charge in [-0.05, 0) is 43.4 Å². The minimum atomic E-state index is -0.663. The van der Waals surface area contributed by atoms with Crippen molar-refractivity contribution in [1.29, 1.82) is 0 Å². The summed E-state index contributed by atoms with van der Waals surface area (Å²) in [6.07, 6.45) is 7.37. The van der Waals surface area contributed by atoms with Crippen molar-refractivity contribution < 1.29 is 24.5 Å². The summed E-state index contributed by atoms with van der Waals surface area (Å²) in [6, 6.07) is 0.0582. The van der Waals surface area contributed by atoms with E-state index in [2.05, 4.69) is 17.6 Å². The topological polar surface area (TPSA) is 124 Å². The van der Waals surface area contributed by atoms with E-state index >= 15 is 0 Å². The number of carbonyl (C=O) groups is 2. The smallest absolute Gasteiger partial charge is 0.323 e. The summed E-state index contributed by atoms with van der Waals surface area (Å²) in [5.41, 5.74) is -0.0616. The first-order valence-electron chi connectivity index (χ1n) is 14.0. The van der Waals surface area contributed by atoms with Gasteiger partial charge >= 0.3 is 6.03 Å². The molecule has 0 radical (unpaired) electrons. The molecule has 5 unspecified atom stereocenters. The zero-order valence-electron chi connectivity index (χ0n) is 22.1. The van der Waals surface area contributed by atoms with Crippen LogP contribution >= 0.6 is 11.3 Å². The highest BCUT2D eigenvalue weighted by Gasteiger charge is 2.59. The zero-order valence-corrected chi connectivity index (χ0v) is 22.9. The second kappa shape index (κ2) is 10.8. The number of nitrogens with one attached hydrogen (secondary N) is 2. The van der Waals surface area contributed by atoms with Crippen LogP contribution in [0.3, 0.4) is 0 Å². The fourth-order valence-electron chi connectivity index (χ4n) is 7.36. The SMILES string of the molecule is CC1(CO)C(O)CCC2(C)C(CC(=O)NC3CCCCC3)c3nc(NC(=O)N4CCOCC4)sc3CC12. The first-order valence-corrected chi connectivity index (χ1v) is 14.8. The predicted molar refractivity (Wildman–Crippen MR) is 142 cm³/mol. The molecule has 5 rings (SSSR count). The van der Waals surface area contributed by atoms with Crippen molar-refractivity contribution in [3.63, 3.8) is 0 Å². The van der Waals surface area contributed by atoms with E-state index in [1.807, 2.05) is 6.92 Å². The highest BCUT2D eigenvalue weighted by molar-refractivity contribution is 7.15. The van der Waals surface area contributed by atoms with Gasteiger partial charge in [-0.2, -0.15) is 0 Å². The highest BCUT2D eigenvalue weighted by Crippen LogP contribution is 2.62. The van der Waals surface area contributed by atoms with Crippen molar-refractivity contribution in [3.8, 4) is 0 Å². The van der Waals surface area contributed by atoms with E-state index in [1.165, 1.54) is 17.8 Å². The highest BCUT2D eigenvalue weighted by atomic mass is 32.1. The molecule has 1 aromatic rings. The lowest BCUT2D eigenvalue weighted by molar-refractivity contribution is -0.144. The molecule has 3 aliphatic carbocycles. The van der Waals surface area contributed by atoms with Crippen LogP contribution < -0.4 is 10.6 Å². The number of carbonyl (C=O) groups excluding carboxylic acids is 2. The number of amides is 3. The zero-order chi connectivity index (χ0) is 26.2. The van der Waals surface area contributed by atoms with Gasteiger partial charge in [0.1, 0.15) is 0 Å². The Morgan fingerprint density at radius 1 is 1.16 bits per heavy atom. The number of aliphatic hydroxyl groups excluding tert-OH is 2. The number of hydrogen-bond donors (Lipinski definition) is 4. The van der Waals surface area contributed by atoms with Crippen molar-refractivity contribution in [2.75, 3.05) is 38.2 Å². The Balaban J connectivity index is 1.43. The third-order valence-electron chi connectivity index (χ3n) is 9.77. The van der Waals surface area contributed by atoms with Crippen LogP contribution in [0.25, 0.3) is 0 Å². The summed E-state index contributed by atoms with van der Waals surface area (Å²) >= 11 is 1.47. The van der Waals surface area contributed by atoms with Gasteiger partial charge in [-0.15, -0.1) is 11.3 Å². The van der Waals surface area contributed by atoms with Crippen LogP contribution in [0.1, 0.15) is 81.7 Å². The maximum absolute atomic E-state index is 13.4. The molecule has 0 spiro atoms. The molecule has 1 aromatic heterocycles. The lowest BCUT2D eigenvalue weighted by Crippen LogP contribution is -2.57. The molecule has 9 nitrogen and oxygen atoms in total. The number of fused-ring (bicyclic) bond motifs is 2. The predicted octanol–water partition coefficient (Wildman–Crippen LogP) is 3.26. The van der Waals surface area contributed by atoms with Crippen LogP contribution in [-0.2, 0) is 16.0 Å². The Morgan fingerprint density at radius 2 is 1.89 bits per heavy atom. The van der Waals surface area contributed by atoms with Crippen molar-refractivity contribution in [2.24, 2.45) is 16.7 Å². The normalized spacial score (nSPS) is 34.4. The number of morpholine rings is 1. The average molecular weight is 535 g/mol. The van der Waals surface area contributed by atoms with Gasteiger partial charge in [0.25, 0.3) is 0 Å². The number of nitrogens with zero attached hydrogens (tertiary/aromatic N) is 2. The van der Waals surface area contributed by atoms with Gasteiger partial charge in [0, 0.05) is 41.8 Å². The van der Waals surface area contributed by atoms with Gasteiger partial charge < -0.3 is 25.2 Å². The number of rotatable bonds is 5. The van der Waals surface area contributed by atoms with E-state index in [1.54, 1.807) is 4.90 Å². The third kappa shape index (κ3) is 5.14. The van der Waals surface area contributed by atoms with Crippen LogP contribution in [0, 0.1) is 16.7 Å². The maximum atomic E-state index is 13.4. The van der Waals surface area contributed by atoms with E-state index in [0.29, 0.717) is 50.7 Å². The standard InChI is InChI=1S/C27H42N4O5S/c1-26-9-8-21(33)27(2,16-32)20(26)15-19-23(18(26)14-22(34)28-17-6-4-3-5-7-17)29-24(37-19)30-25(35)31-10-12-36-13-11-31/h17-18,20-21,32-33H,3-16H2,1-2H3,(H,28,34)(H,29,30,35). The van der Waals surface area contributed by atoms with Crippen LogP contribution in [0.2, 0.25) is 0 Å². The van der Waals surface area contributed by atoms with Crippen LogP contribution in [0.15, 0.2) is 0 Å². The average Bonchev–Trinajstić information content (AvgIpc) is 3.30. The van der Waals surface area contributed by atoms with E-state index in [4.69, 9.17) is 9.72 Å². The molecular formula is C27H42N4O5S. The summed E-state index contributed by atoms with van der Waals surface area (Å²) in [5.74, 6) is -0.0982. The number of aliphatic hydroxyl groups is 2. The molecule has 1 aliphatic heterocycles. The molecule has 3 amide bonds. The maximum Gasteiger partial charge on any atom is 0.323 e. The Hall–Kier alpha value is -1.75. The number of thiazole rings is 1. The number of ether oxygens (including phenoxy) is 1. The van der Waals surface area contributed by atoms with Crippen LogP contribution in [-0.4, -0.2) is 77.1 Å². The molecule has 4 N–H and O–H groups in total. The molecule has 4 aliphatic rings. The Bertz CT molecular complexity index is 991. The lowest BCUT2D eigenvalue weighted by atomic mass is 9.47. The van der Waals surface area contributed by atoms with Gasteiger partial charge in [0.05, 0.1) is 31.6 Å². The number of hydrogen-bond acceptors (Lipinski definition) is 7. The van der Waals surface area contributed by atoms with Gasteiger partial charge in [-0.3, -0.25) is 10.1 Å². The number of urea groups is 1. The molecule has 5 atom stereocenters. The summed E-state index contributed by atoms with van der Waals surface area (Å²) < 4.78 is 5.36. The molecule has 2 saturated carbocycles. The van der Waals surface area contributed by atoms with Crippen molar-refractivity contribution in [3.05, 3.63) is 10.6 Å². The Labute approximate surface area is 223 Å². The molecule has 0 bridgehead atoms. The lowest BCUT2D eigenvalue weighted by Gasteiger charge is -2.58.